The molecule has 1 aromatic heterocycles. The quantitative estimate of drug-likeness (QED) is 0.501. The first-order valence-electron chi connectivity index (χ1n) is 6.59. The Morgan fingerprint density at radius 1 is 0.947 bits per heavy atom. The van der Waals surface area contributed by atoms with Crippen molar-refractivity contribution in [2.75, 3.05) is 0 Å². The van der Waals surface area contributed by atoms with Crippen molar-refractivity contribution in [3.05, 3.63) is 48.0 Å². The Balaban J connectivity index is 2.26. The minimum absolute atomic E-state index is 0.344. The van der Waals surface area contributed by atoms with Crippen LogP contribution in [0, 0.1) is 0 Å². The third-order valence-electron chi connectivity index (χ3n) is 3.28. The molecule has 3 rings (SSSR count). The molecule has 0 aliphatic heterocycles. The first kappa shape index (κ1) is 12.5. The average molecular weight is 315 g/mol. The van der Waals surface area contributed by atoms with Gasteiger partial charge in [-0.25, -0.2) is 9.97 Å². The lowest BCUT2D eigenvalue weighted by Crippen LogP contribution is -1.95. The van der Waals surface area contributed by atoms with Crippen LogP contribution in [-0.2, 0) is 0 Å². The van der Waals surface area contributed by atoms with Crippen LogP contribution in [0.3, 0.4) is 0 Å². The molecule has 1 unspecified atom stereocenters. The van der Waals surface area contributed by atoms with Gasteiger partial charge in [-0.1, -0.05) is 53.5 Å². The van der Waals surface area contributed by atoms with E-state index in [0.29, 0.717) is 4.83 Å². The van der Waals surface area contributed by atoms with E-state index in [-0.39, 0.29) is 0 Å². The molecular weight excluding hydrogens is 300 g/mol. The zero-order valence-corrected chi connectivity index (χ0v) is 12.4. The molecule has 0 aliphatic carbocycles. The smallest absolute Gasteiger partial charge is 0.0937 e. The molecule has 0 fully saturated rings. The van der Waals surface area contributed by atoms with Gasteiger partial charge < -0.3 is 0 Å². The van der Waals surface area contributed by atoms with Crippen molar-refractivity contribution in [1.82, 2.24) is 9.97 Å². The van der Waals surface area contributed by atoms with Gasteiger partial charge in [0.2, 0.25) is 0 Å². The van der Waals surface area contributed by atoms with Crippen molar-refractivity contribution in [2.45, 2.75) is 24.6 Å². The maximum Gasteiger partial charge on any atom is 0.0937 e. The highest BCUT2D eigenvalue weighted by Crippen LogP contribution is 2.32. The van der Waals surface area contributed by atoms with Crippen LogP contribution in [0.4, 0.5) is 0 Å². The van der Waals surface area contributed by atoms with Crippen LogP contribution in [-0.4, -0.2) is 9.97 Å². The molecule has 2 aromatic carbocycles. The number of hydrogen-bond donors (Lipinski definition) is 0. The highest BCUT2D eigenvalue weighted by Gasteiger charge is 2.12. The lowest BCUT2D eigenvalue weighted by atomic mass is 10.1. The van der Waals surface area contributed by atoms with E-state index in [4.69, 9.17) is 9.97 Å². The second-order valence-electron chi connectivity index (χ2n) is 4.68. The zero-order valence-electron chi connectivity index (χ0n) is 10.8. The largest absolute Gasteiger partial charge is 0.244 e. The summed E-state index contributed by atoms with van der Waals surface area (Å²) in [5.74, 6) is 0. The van der Waals surface area contributed by atoms with E-state index in [9.17, 15) is 0 Å². The number of rotatable bonds is 3. The van der Waals surface area contributed by atoms with Gasteiger partial charge in [0.1, 0.15) is 0 Å². The zero-order chi connectivity index (χ0) is 13.2. The maximum atomic E-state index is 4.79. The number of fused-ring (bicyclic) bond motifs is 2. The van der Waals surface area contributed by atoms with Crippen LogP contribution in [0.2, 0.25) is 0 Å². The third-order valence-corrected chi connectivity index (χ3v) is 4.23. The normalized spacial score (nSPS) is 12.9. The Hall–Kier alpha value is -1.48. The first-order valence-corrected chi connectivity index (χ1v) is 7.50. The fourth-order valence-electron chi connectivity index (χ4n) is 2.33. The molecule has 3 heteroatoms. The highest BCUT2D eigenvalue weighted by atomic mass is 79.9. The number of benzene rings is 2. The molecule has 0 bridgehead atoms. The predicted octanol–water partition coefficient (Wildman–Crippen LogP) is 5.02. The van der Waals surface area contributed by atoms with Crippen LogP contribution in [0.5, 0.6) is 0 Å². The minimum atomic E-state index is 0.344. The summed E-state index contributed by atoms with van der Waals surface area (Å²) in [6, 6.07) is 14.3. The third kappa shape index (κ3) is 2.35. The molecule has 1 heterocycles. The maximum absolute atomic E-state index is 4.79. The Kier molecular flexibility index (Phi) is 3.47. The fourth-order valence-corrected chi connectivity index (χ4v) is 3.15. The van der Waals surface area contributed by atoms with Gasteiger partial charge in [-0.15, -0.1) is 0 Å². The minimum Gasteiger partial charge on any atom is -0.244 e. The van der Waals surface area contributed by atoms with E-state index < -0.39 is 0 Å². The fraction of sp³-hybridized carbons (Fsp3) is 0.250. The van der Waals surface area contributed by atoms with Gasteiger partial charge in [0, 0.05) is 4.83 Å². The van der Waals surface area contributed by atoms with Crippen LogP contribution in [0.25, 0.3) is 22.1 Å². The second-order valence-corrected chi connectivity index (χ2v) is 5.79. The number of hydrogen-bond acceptors (Lipinski definition) is 2. The lowest BCUT2D eigenvalue weighted by molar-refractivity contribution is 0.791. The molecule has 0 saturated carbocycles. The van der Waals surface area contributed by atoms with Gasteiger partial charge >= 0.3 is 0 Å². The molecule has 96 valence electrons. The molecule has 0 spiro atoms. The Morgan fingerprint density at radius 2 is 1.63 bits per heavy atom. The molecule has 2 nitrogen and oxygen atoms in total. The van der Waals surface area contributed by atoms with Crippen LogP contribution in [0.1, 0.15) is 30.2 Å². The van der Waals surface area contributed by atoms with Crippen LogP contribution >= 0.6 is 15.9 Å². The van der Waals surface area contributed by atoms with E-state index in [0.717, 1.165) is 34.9 Å². The SMILES string of the molecule is CCCC(Br)c1cccc2nc3ccccc3nc12. The Bertz CT molecular complexity index is 724. The number of para-hydroxylation sites is 3. The van der Waals surface area contributed by atoms with E-state index in [1.165, 1.54) is 5.56 Å². The van der Waals surface area contributed by atoms with Crippen molar-refractivity contribution in [3.63, 3.8) is 0 Å². The molecule has 3 aromatic rings. The summed E-state index contributed by atoms with van der Waals surface area (Å²) in [5.41, 5.74) is 5.12. The second kappa shape index (κ2) is 5.25. The van der Waals surface area contributed by atoms with Gasteiger partial charge in [0.15, 0.2) is 0 Å². The Morgan fingerprint density at radius 3 is 2.37 bits per heavy atom. The van der Waals surface area contributed by atoms with E-state index in [2.05, 4.69) is 35.0 Å². The molecule has 19 heavy (non-hydrogen) atoms. The molecule has 0 aliphatic rings. The summed E-state index contributed by atoms with van der Waals surface area (Å²) >= 11 is 3.76. The van der Waals surface area contributed by atoms with Gasteiger partial charge in [-0.3, -0.25) is 0 Å². The van der Waals surface area contributed by atoms with Gasteiger partial charge in [0.25, 0.3) is 0 Å². The average Bonchev–Trinajstić information content (AvgIpc) is 2.44. The van der Waals surface area contributed by atoms with Crippen molar-refractivity contribution in [2.24, 2.45) is 0 Å². The van der Waals surface area contributed by atoms with Crippen LogP contribution < -0.4 is 0 Å². The van der Waals surface area contributed by atoms with Crippen molar-refractivity contribution < 1.29 is 0 Å². The lowest BCUT2D eigenvalue weighted by Gasteiger charge is -2.11. The monoisotopic (exact) mass is 314 g/mol. The number of nitrogens with zero attached hydrogens (tertiary/aromatic N) is 2. The number of aromatic nitrogens is 2. The van der Waals surface area contributed by atoms with E-state index in [1.54, 1.807) is 0 Å². The molecule has 0 amide bonds. The van der Waals surface area contributed by atoms with E-state index in [1.807, 2.05) is 30.3 Å². The topological polar surface area (TPSA) is 25.8 Å². The standard InChI is InChI=1S/C16H15BrN2/c1-2-6-12(17)11-7-5-10-15-16(11)19-14-9-4-3-8-13(14)18-15/h3-5,7-10,12H,2,6H2,1H3. The number of halogens is 1. The number of alkyl halides is 1. The van der Waals surface area contributed by atoms with E-state index >= 15 is 0 Å². The van der Waals surface area contributed by atoms with Gasteiger partial charge in [-0.2, -0.15) is 0 Å². The summed E-state index contributed by atoms with van der Waals surface area (Å²) in [5, 5.41) is 0. The molecule has 0 saturated heterocycles. The molecule has 0 radical (unpaired) electrons. The molecular formula is C16H15BrN2. The summed E-state index contributed by atoms with van der Waals surface area (Å²) in [6.45, 7) is 2.19. The van der Waals surface area contributed by atoms with Crippen molar-refractivity contribution in [3.8, 4) is 0 Å². The summed E-state index contributed by atoms with van der Waals surface area (Å²) in [7, 11) is 0. The van der Waals surface area contributed by atoms with Crippen LogP contribution in [0.15, 0.2) is 42.5 Å². The van der Waals surface area contributed by atoms with Gasteiger partial charge in [0.05, 0.1) is 22.1 Å². The molecule has 0 N–H and O–H groups in total. The summed E-state index contributed by atoms with van der Waals surface area (Å²) < 4.78 is 0. The Labute approximate surface area is 121 Å². The summed E-state index contributed by atoms with van der Waals surface area (Å²) in [6.07, 6.45) is 2.25. The predicted molar refractivity (Wildman–Crippen MR) is 83.6 cm³/mol. The molecule has 1 atom stereocenters. The van der Waals surface area contributed by atoms with Crippen molar-refractivity contribution >= 4 is 38.0 Å². The first-order chi connectivity index (χ1) is 9.29. The highest BCUT2D eigenvalue weighted by molar-refractivity contribution is 9.09. The summed E-state index contributed by atoms with van der Waals surface area (Å²) in [4.78, 5) is 9.83. The van der Waals surface area contributed by atoms with Gasteiger partial charge in [-0.05, 0) is 30.2 Å². The van der Waals surface area contributed by atoms with Crippen molar-refractivity contribution in [1.29, 1.82) is 0 Å².